The highest BCUT2D eigenvalue weighted by atomic mass is 16.5. The number of benzene rings is 1. The molecule has 0 amide bonds. The molecule has 2 unspecified atom stereocenters. The van der Waals surface area contributed by atoms with Gasteiger partial charge >= 0.3 is 0 Å². The van der Waals surface area contributed by atoms with Crippen LogP contribution in [0.3, 0.4) is 0 Å². The zero-order valence-corrected chi connectivity index (χ0v) is 12.8. The van der Waals surface area contributed by atoms with E-state index in [1.54, 1.807) is 0 Å². The van der Waals surface area contributed by atoms with E-state index >= 15 is 0 Å². The van der Waals surface area contributed by atoms with Crippen LogP contribution in [0.1, 0.15) is 37.8 Å². The van der Waals surface area contributed by atoms with E-state index in [4.69, 9.17) is 4.74 Å². The molecule has 1 heterocycles. The number of hydrogen-bond acceptors (Lipinski definition) is 3. The molecule has 0 bridgehead atoms. The van der Waals surface area contributed by atoms with Crippen molar-refractivity contribution in [3.8, 4) is 0 Å². The summed E-state index contributed by atoms with van der Waals surface area (Å²) in [6.07, 6.45) is 4.13. The van der Waals surface area contributed by atoms with Crippen molar-refractivity contribution >= 4 is 0 Å². The van der Waals surface area contributed by atoms with Crippen molar-refractivity contribution in [2.75, 3.05) is 33.3 Å². The van der Waals surface area contributed by atoms with Gasteiger partial charge in [-0.15, -0.1) is 0 Å². The minimum absolute atomic E-state index is 0.404. The first kappa shape index (κ1) is 15.5. The second-order valence-corrected chi connectivity index (χ2v) is 5.66. The first-order chi connectivity index (χ1) is 9.81. The summed E-state index contributed by atoms with van der Waals surface area (Å²) in [6, 6.07) is 11.2. The second kappa shape index (κ2) is 8.40. The monoisotopic (exact) mass is 276 g/mol. The van der Waals surface area contributed by atoms with Crippen LogP contribution in [0, 0.1) is 0 Å². The molecule has 2 atom stereocenters. The van der Waals surface area contributed by atoms with E-state index in [2.05, 4.69) is 54.5 Å². The summed E-state index contributed by atoms with van der Waals surface area (Å²) in [5.41, 5.74) is 1.38. The molecule has 1 aromatic carbocycles. The molecular formula is C17H28N2O. The van der Waals surface area contributed by atoms with Gasteiger partial charge in [-0.1, -0.05) is 37.3 Å². The highest BCUT2D eigenvalue weighted by molar-refractivity contribution is 5.19. The Balaban J connectivity index is 1.97. The predicted molar refractivity (Wildman–Crippen MR) is 83.9 cm³/mol. The van der Waals surface area contributed by atoms with Gasteiger partial charge in [-0.2, -0.15) is 0 Å². The van der Waals surface area contributed by atoms with Crippen LogP contribution in [-0.4, -0.2) is 44.3 Å². The summed E-state index contributed by atoms with van der Waals surface area (Å²) < 4.78 is 5.88. The highest BCUT2D eigenvalue weighted by Crippen LogP contribution is 2.21. The number of likely N-dealkylation sites (N-methyl/N-ethyl adjacent to an activating group) is 2. The molecule has 1 saturated heterocycles. The molecular weight excluding hydrogens is 248 g/mol. The van der Waals surface area contributed by atoms with Crippen LogP contribution >= 0.6 is 0 Å². The maximum atomic E-state index is 5.88. The average molecular weight is 276 g/mol. The van der Waals surface area contributed by atoms with Crippen LogP contribution < -0.4 is 5.32 Å². The molecule has 0 aromatic heterocycles. The van der Waals surface area contributed by atoms with Crippen LogP contribution in [-0.2, 0) is 4.74 Å². The largest absolute Gasteiger partial charge is 0.377 e. The van der Waals surface area contributed by atoms with E-state index in [-0.39, 0.29) is 0 Å². The molecule has 112 valence electrons. The van der Waals surface area contributed by atoms with Crippen LogP contribution in [0.5, 0.6) is 0 Å². The van der Waals surface area contributed by atoms with Gasteiger partial charge in [-0.05, 0) is 38.4 Å². The third-order valence-corrected chi connectivity index (χ3v) is 4.07. The zero-order valence-electron chi connectivity index (χ0n) is 12.8. The molecule has 1 fully saturated rings. The van der Waals surface area contributed by atoms with E-state index in [0.717, 1.165) is 26.2 Å². The molecule has 20 heavy (non-hydrogen) atoms. The number of rotatable bonds is 7. The van der Waals surface area contributed by atoms with Crippen LogP contribution in [0.15, 0.2) is 30.3 Å². The fourth-order valence-electron chi connectivity index (χ4n) is 2.88. The second-order valence-electron chi connectivity index (χ2n) is 5.66. The van der Waals surface area contributed by atoms with Crippen molar-refractivity contribution in [3.05, 3.63) is 35.9 Å². The van der Waals surface area contributed by atoms with E-state index in [1.165, 1.54) is 24.8 Å². The lowest BCUT2D eigenvalue weighted by molar-refractivity contribution is -0.00829. The highest BCUT2D eigenvalue weighted by Gasteiger charge is 2.21. The van der Waals surface area contributed by atoms with Gasteiger partial charge < -0.3 is 10.1 Å². The molecule has 1 aromatic rings. The number of nitrogens with zero attached hydrogens (tertiary/aromatic N) is 1. The summed E-state index contributed by atoms with van der Waals surface area (Å²) in [6.45, 7) is 6.11. The summed E-state index contributed by atoms with van der Waals surface area (Å²) in [5.74, 6) is 0. The summed E-state index contributed by atoms with van der Waals surface area (Å²) in [5, 5.41) is 3.48. The zero-order chi connectivity index (χ0) is 14.2. The van der Waals surface area contributed by atoms with Crippen molar-refractivity contribution in [1.82, 2.24) is 10.2 Å². The van der Waals surface area contributed by atoms with Crippen molar-refractivity contribution < 1.29 is 4.74 Å². The molecule has 2 rings (SSSR count). The average Bonchev–Trinajstić information content (AvgIpc) is 2.50. The lowest BCUT2D eigenvalue weighted by atomic mass is 10.0. The molecule has 0 radical (unpaired) electrons. The van der Waals surface area contributed by atoms with Gasteiger partial charge in [0, 0.05) is 25.7 Å². The quantitative estimate of drug-likeness (QED) is 0.829. The summed E-state index contributed by atoms with van der Waals surface area (Å²) in [4.78, 5) is 2.44. The van der Waals surface area contributed by atoms with Crippen LogP contribution in [0.25, 0.3) is 0 Å². The Bertz CT molecular complexity index is 363. The Morgan fingerprint density at radius 3 is 2.75 bits per heavy atom. The van der Waals surface area contributed by atoms with Crippen molar-refractivity contribution in [3.63, 3.8) is 0 Å². The molecule has 3 nitrogen and oxygen atoms in total. The lowest BCUT2D eigenvalue weighted by Gasteiger charge is -2.33. The molecule has 1 aliphatic rings. The summed E-state index contributed by atoms with van der Waals surface area (Å²) in [7, 11) is 2.22. The van der Waals surface area contributed by atoms with Gasteiger partial charge in [0.2, 0.25) is 0 Å². The third kappa shape index (κ3) is 4.58. The fraction of sp³-hybridized carbons (Fsp3) is 0.647. The molecule has 0 aliphatic carbocycles. The molecule has 3 heteroatoms. The topological polar surface area (TPSA) is 24.5 Å². The number of ether oxygens (including phenoxy) is 1. The van der Waals surface area contributed by atoms with Gasteiger partial charge in [-0.25, -0.2) is 0 Å². The first-order valence-electron chi connectivity index (χ1n) is 7.88. The Labute approximate surface area is 123 Å². The molecule has 0 spiro atoms. The van der Waals surface area contributed by atoms with E-state index in [0.29, 0.717) is 12.1 Å². The minimum Gasteiger partial charge on any atom is -0.377 e. The molecule has 1 aliphatic heterocycles. The lowest BCUT2D eigenvalue weighted by Crippen LogP contribution is -2.39. The van der Waals surface area contributed by atoms with Gasteiger partial charge in [0.15, 0.2) is 0 Å². The van der Waals surface area contributed by atoms with E-state index in [1.807, 2.05) is 0 Å². The first-order valence-corrected chi connectivity index (χ1v) is 7.88. The molecule has 0 saturated carbocycles. The van der Waals surface area contributed by atoms with Crippen molar-refractivity contribution in [1.29, 1.82) is 0 Å². The van der Waals surface area contributed by atoms with Gasteiger partial charge in [0.1, 0.15) is 0 Å². The maximum Gasteiger partial charge on any atom is 0.0702 e. The van der Waals surface area contributed by atoms with Crippen LogP contribution in [0.4, 0.5) is 0 Å². The Kier molecular flexibility index (Phi) is 6.51. The standard InChI is InChI=1S/C17H28N2O/c1-3-18-13-17(15-9-5-4-6-10-15)19(2)14-16-11-7-8-12-20-16/h4-6,9-10,16-18H,3,7-8,11-14H2,1-2H3. The smallest absolute Gasteiger partial charge is 0.0702 e. The Hall–Kier alpha value is -0.900. The molecule has 1 N–H and O–H groups in total. The Morgan fingerprint density at radius 2 is 2.10 bits per heavy atom. The summed E-state index contributed by atoms with van der Waals surface area (Å²) >= 11 is 0. The number of hydrogen-bond donors (Lipinski definition) is 1. The van der Waals surface area contributed by atoms with Gasteiger partial charge in [0.05, 0.1) is 6.10 Å². The van der Waals surface area contributed by atoms with Crippen molar-refractivity contribution in [2.45, 2.75) is 38.3 Å². The van der Waals surface area contributed by atoms with E-state index < -0.39 is 0 Å². The van der Waals surface area contributed by atoms with Crippen molar-refractivity contribution in [2.24, 2.45) is 0 Å². The number of nitrogens with one attached hydrogen (secondary N) is 1. The SMILES string of the molecule is CCNCC(c1ccccc1)N(C)CC1CCCCO1. The Morgan fingerprint density at radius 1 is 1.30 bits per heavy atom. The van der Waals surface area contributed by atoms with Crippen LogP contribution in [0.2, 0.25) is 0 Å². The van der Waals surface area contributed by atoms with Gasteiger partial charge in [-0.3, -0.25) is 4.90 Å². The predicted octanol–water partition coefficient (Wildman–Crippen LogP) is 2.84. The van der Waals surface area contributed by atoms with Gasteiger partial charge in [0.25, 0.3) is 0 Å². The third-order valence-electron chi connectivity index (χ3n) is 4.07. The maximum absolute atomic E-state index is 5.88. The minimum atomic E-state index is 0.404. The van der Waals surface area contributed by atoms with E-state index in [9.17, 15) is 0 Å². The normalized spacial score (nSPS) is 21.1. The fourth-order valence-corrected chi connectivity index (χ4v) is 2.88.